The Balaban J connectivity index is 1.52. The molecular formula is C25H29N5O4S3. The maximum Gasteiger partial charge on any atom is 0.259 e. The van der Waals surface area contributed by atoms with E-state index in [0.29, 0.717) is 41.6 Å². The van der Waals surface area contributed by atoms with Crippen LogP contribution in [0.1, 0.15) is 39.6 Å². The van der Waals surface area contributed by atoms with Gasteiger partial charge in [-0.25, -0.2) is 9.36 Å². The summed E-state index contributed by atoms with van der Waals surface area (Å²) in [6, 6.07) is 3.71. The quantitative estimate of drug-likeness (QED) is 0.392. The fourth-order valence-electron chi connectivity index (χ4n) is 4.13. The minimum atomic E-state index is -0.738. The molecule has 1 saturated heterocycles. The normalized spacial score (nSPS) is 17.2. The molecule has 1 fully saturated rings. The minimum absolute atomic E-state index is 0.0274. The third-order valence-corrected chi connectivity index (χ3v) is 8.83. The number of ether oxygens (including phenoxy) is 1. The van der Waals surface area contributed by atoms with Crippen LogP contribution in [-0.2, 0) is 0 Å². The Hall–Kier alpha value is -2.77. The van der Waals surface area contributed by atoms with Crippen molar-refractivity contribution in [3.63, 3.8) is 0 Å². The summed E-state index contributed by atoms with van der Waals surface area (Å²) in [5.41, 5.74) is 1.95. The molecule has 2 N–H and O–H groups in total. The summed E-state index contributed by atoms with van der Waals surface area (Å²) in [6.07, 6.45) is 4.74. The van der Waals surface area contributed by atoms with Crippen LogP contribution in [0.4, 0.5) is 5.13 Å². The number of rotatable bonds is 8. The van der Waals surface area contributed by atoms with Crippen molar-refractivity contribution in [3.05, 3.63) is 59.3 Å². The van der Waals surface area contributed by atoms with Crippen molar-refractivity contribution >= 4 is 51.6 Å². The molecule has 0 spiro atoms. The summed E-state index contributed by atoms with van der Waals surface area (Å²) >= 11 is 4.06. The second kappa shape index (κ2) is 12.2. The number of hydrogen-bond acceptors (Lipinski definition) is 10. The first-order valence-electron chi connectivity index (χ1n) is 11.7. The van der Waals surface area contributed by atoms with Crippen LogP contribution in [0.15, 0.2) is 51.7 Å². The topological polar surface area (TPSA) is 108 Å². The van der Waals surface area contributed by atoms with Gasteiger partial charge in [-0.3, -0.25) is 19.8 Å². The maximum absolute atomic E-state index is 13.7. The molecule has 12 heteroatoms. The molecule has 3 aromatic rings. The van der Waals surface area contributed by atoms with E-state index in [4.69, 9.17) is 4.74 Å². The molecule has 1 aliphatic heterocycles. The van der Waals surface area contributed by atoms with Gasteiger partial charge in [-0.1, -0.05) is 29.7 Å². The van der Waals surface area contributed by atoms with E-state index in [9.17, 15) is 14.7 Å². The van der Waals surface area contributed by atoms with E-state index in [-0.39, 0.29) is 17.9 Å². The average molecular weight is 560 g/mol. The number of aliphatic hydroxyl groups excluding tert-OH is 1. The second-order valence-electron chi connectivity index (χ2n) is 8.61. The molecule has 0 aliphatic carbocycles. The summed E-state index contributed by atoms with van der Waals surface area (Å²) in [5.74, 6) is 0.162. The van der Waals surface area contributed by atoms with E-state index >= 15 is 0 Å². The Kier molecular flexibility index (Phi) is 8.98. The Morgan fingerprint density at radius 1 is 1.35 bits per heavy atom. The van der Waals surface area contributed by atoms with E-state index in [1.807, 2.05) is 35.8 Å². The van der Waals surface area contributed by atoms with Gasteiger partial charge >= 0.3 is 0 Å². The molecule has 0 radical (unpaired) electrons. The monoisotopic (exact) mass is 559 g/mol. The van der Waals surface area contributed by atoms with Gasteiger partial charge in [0.2, 0.25) is 0 Å². The van der Waals surface area contributed by atoms with Gasteiger partial charge in [0.15, 0.2) is 5.13 Å². The molecule has 4 rings (SSSR count). The first-order chi connectivity index (χ1) is 17.8. The van der Waals surface area contributed by atoms with Crippen molar-refractivity contribution in [1.29, 1.82) is 0 Å². The smallest absolute Gasteiger partial charge is 0.259 e. The van der Waals surface area contributed by atoms with E-state index in [2.05, 4.69) is 21.3 Å². The number of anilines is 1. The molecular weight excluding hydrogens is 531 g/mol. The van der Waals surface area contributed by atoms with Crippen LogP contribution >= 0.6 is 34.6 Å². The van der Waals surface area contributed by atoms with Gasteiger partial charge in [-0.15, -0.1) is 0 Å². The Bertz CT molecular complexity index is 1260. The number of aliphatic hydroxyl groups is 1. The number of thiazole rings is 1. The van der Waals surface area contributed by atoms with Gasteiger partial charge in [0.1, 0.15) is 12.0 Å². The molecule has 2 aromatic heterocycles. The lowest BCUT2D eigenvalue weighted by molar-refractivity contribution is 0.0156. The van der Waals surface area contributed by atoms with Crippen molar-refractivity contribution in [2.24, 2.45) is 0 Å². The maximum atomic E-state index is 13.7. The first-order valence-corrected chi connectivity index (χ1v) is 14.2. The molecule has 1 aliphatic rings. The third-order valence-electron chi connectivity index (χ3n) is 6.07. The highest BCUT2D eigenvalue weighted by molar-refractivity contribution is 8.01. The lowest BCUT2D eigenvalue weighted by Crippen LogP contribution is -2.45. The van der Waals surface area contributed by atoms with E-state index in [1.54, 1.807) is 18.7 Å². The van der Waals surface area contributed by atoms with Crippen molar-refractivity contribution in [1.82, 2.24) is 19.2 Å². The van der Waals surface area contributed by atoms with Gasteiger partial charge in [-0.2, -0.15) is 0 Å². The fourth-order valence-corrected chi connectivity index (χ4v) is 6.58. The van der Waals surface area contributed by atoms with Crippen molar-refractivity contribution < 1.29 is 19.4 Å². The number of hydrogen-bond donors (Lipinski definition) is 2. The zero-order valence-corrected chi connectivity index (χ0v) is 23.3. The number of methoxy groups -OCH3 is 1. The Morgan fingerprint density at radius 2 is 2.16 bits per heavy atom. The van der Waals surface area contributed by atoms with Crippen LogP contribution < -0.4 is 10.1 Å². The van der Waals surface area contributed by atoms with Crippen molar-refractivity contribution in [2.75, 3.05) is 32.1 Å². The van der Waals surface area contributed by atoms with Gasteiger partial charge < -0.3 is 14.7 Å². The molecule has 0 saturated carbocycles. The molecule has 1 aromatic carbocycles. The number of nitrogens with one attached hydrogen (secondary N) is 1. The Labute approximate surface area is 228 Å². The van der Waals surface area contributed by atoms with Crippen LogP contribution in [0, 0.1) is 6.92 Å². The number of aryl methyl sites for hydroxylation is 1. The number of aromatic nitrogens is 2. The van der Waals surface area contributed by atoms with E-state index < -0.39 is 6.23 Å². The molecule has 3 heterocycles. The highest BCUT2D eigenvalue weighted by atomic mass is 32.2. The van der Waals surface area contributed by atoms with Gasteiger partial charge in [0.05, 0.1) is 34.8 Å². The zero-order chi connectivity index (χ0) is 26.5. The average Bonchev–Trinajstić information content (AvgIpc) is 3.54. The SMILES string of the molecule is C=CC(O)N1CCCN(C(=O)c2cc(Sc3cnc(NC(=O)c4cnsc4)s3)c(C)cc2OC)C[C@H]1C. The predicted octanol–water partition coefficient (Wildman–Crippen LogP) is 4.36. The van der Waals surface area contributed by atoms with Crippen molar-refractivity contribution in [2.45, 2.75) is 41.6 Å². The molecule has 37 heavy (non-hydrogen) atoms. The van der Waals surface area contributed by atoms with Crippen molar-refractivity contribution in [3.8, 4) is 5.75 Å². The van der Waals surface area contributed by atoms with E-state index in [0.717, 1.165) is 21.1 Å². The van der Waals surface area contributed by atoms with Crippen LogP contribution in [-0.4, -0.2) is 75.1 Å². The van der Waals surface area contributed by atoms with Crippen LogP contribution in [0.2, 0.25) is 0 Å². The summed E-state index contributed by atoms with van der Waals surface area (Å²) in [5, 5.41) is 15.2. The number of nitrogens with zero attached hydrogens (tertiary/aromatic N) is 4. The minimum Gasteiger partial charge on any atom is -0.496 e. The number of carbonyl (C=O) groups excluding carboxylic acids is 2. The fraction of sp³-hybridized carbons (Fsp3) is 0.360. The largest absolute Gasteiger partial charge is 0.496 e. The lowest BCUT2D eigenvalue weighted by atomic mass is 10.1. The molecule has 0 bridgehead atoms. The zero-order valence-electron chi connectivity index (χ0n) is 20.8. The lowest BCUT2D eigenvalue weighted by Gasteiger charge is -2.31. The number of amides is 2. The summed E-state index contributed by atoms with van der Waals surface area (Å²) in [7, 11) is 1.56. The number of benzene rings is 1. The predicted molar refractivity (Wildman–Crippen MR) is 147 cm³/mol. The Morgan fingerprint density at radius 3 is 2.86 bits per heavy atom. The summed E-state index contributed by atoms with van der Waals surface area (Å²) in [6.45, 7) is 9.40. The number of carbonyl (C=O) groups is 2. The van der Waals surface area contributed by atoms with Crippen LogP contribution in [0.25, 0.3) is 0 Å². The third kappa shape index (κ3) is 6.39. The van der Waals surface area contributed by atoms with Gasteiger partial charge in [-0.05, 0) is 55.6 Å². The molecule has 9 nitrogen and oxygen atoms in total. The van der Waals surface area contributed by atoms with E-state index in [1.165, 1.54) is 46.9 Å². The molecule has 2 amide bonds. The van der Waals surface area contributed by atoms with Crippen LogP contribution in [0.3, 0.4) is 0 Å². The highest BCUT2D eigenvalue weighted by Crippen LogP contribution is 2.38. The standard InChI is InChI=1S/C25H29N5O4S3/c1-5-21(31)30-8-6-7-29(13-16(30)3)24(33)18-10-20(15(2)9-19(18)34-4)36-22-12-26-25(37-22)28-23(32)17-11-27-35-14-17/h5,9-12,14,16,21,31H,1,6-8,13H2,2-4H3,(H,26,28,32)/t16-,21?/m1/s1. The summed E-state index contributed by atoms with van der Waals surface area (Å²) in [4.78, 5) is 34.9. The second-order valence-corrected chi connectivity index (χ2v) is 11.6. The molecule has 2 atom stereocenters. The summed E-state index contributed by atoms with van der Waals surface area (Å²) < 4.78 is 10.4. The molecule has 196 valence electrons. The van der Waals surface area contributed by atoms with Crippen LogP contribution in [0.5, 0.6) is 5.75 Å². The molecule has 1 unspecified atom stereocenters. The van der Waals surface area contributed by atoms with Gasteiger partial charge in [0.25, 0.3) is 11.8 Å². The first kappa shape index (κ1) is 27.3. The highest BCUT2D eigenvalue weighted by Gasteiger charge is 2.29. The van der Waals surface area contributed by atoms with Gasteiger partial charge in [0, 0.05) is 36.0 Å².